The molecule has 0 aromatic carbocycles. The van der Waals surface area contributed by atoms with Crippen LogP contribution in [-0.2, 0) is 23.8 Å². The zero-order chi connectivity index (χ0) is 16.8. The molecule has 0 saturated carbocycles. The molecular formula is C16H27NO6. The van der Waals surface area contributed by atoms with Gasteiger partial charge >= 0.3 is 5.97 Å². The van der Waals surface area contributed by atoms with Crippen LogP contribution < -0.4 is 0 Å². The SMILES string of the molecule is C=CCO[C@@H](C(=O)OCC)[C@H]1OC[C@@H]2CON([C@H](CC)CO)[C@@H]21. The van der Waals surface area contributed by atoms with E-state index in [2.05, 4.69) is 6.58 Å². The zero-order valence-corrected chi connectivity index (χ0v) is 13.8. The van der Waals surface area contributed by atoms with E-state index in [4.69, 9.17) is 19.0 Å². The molecule has 2 rings (SSSR count). The van der Waals surface area contributed by atoms with Crippen LogP contribution in [0.5, 0.6) is 0 Å². The van der Waals surface area contributed by atoms with Crippen LogP contribution >= 0.6 is 0 Å². The summed E-state index contributed by atoms with van der Waals surface area (Å²) in [6, 6.07) is -0.261. The van der Waals surface area contributed by atoms with E-state index in [-0.39, 0.29) is 37.8 Å². The largest absolute Gasteiger partial charge is 0.464 e. The minimum atomic E-state index is -0.830. The van der Waals surface area contributed by atoms with Gasteiger partial charge < -0.3 is 19.3 Å². The molecule has 2 aliphatic rings. The van der Waals surface area contributed by atoms with Gasteiger partial charge in [-0.3, -0.25) is 4.84 Å². The van der Waals surface area contributed by atoms with E-state index >= 15 is 0 Å². The molecule has 0 aromatic heterocycles. The van der Waals surface area contributed by atoms with E-state index in [1.165, 1.54) is 0 Å². The van der Waals surface area contributed by atoms with Crippen LogP contribution in [0.3, 0.4) is 0 Å². The summed E-state index contributed by atoms with van der Waals surface area (Å²) in [6.45, 7) is 8.88. The highest BCUT2D eigenvalue weighted by atomic mass is 16.7. The quantitative estimate of drug-likeness (QED) is 0.488. The smallest absolute Gasteiger partial charge is 0.338 e. The van der Waals surface area contributed by atoms with Crippen molar-refractivity contribution in [3.8, 4) is 0 Å². The number of ether oxygens (including phenoxy) is 3. The first-order valence-electron chi connectivity index (χ1n) is 8.20. The Balaban J connectivity index is 2.17. The lowest BCUT2D eigenvalue weighted by Crippen LogP contribution is -2.52. The summed E-state index contributed by atoms with van der Waals surface area (Å²) in [5, 5.41) is 11.4. The number of carbonyl (C=O) groups excluding carboxylic acids is 1. The molecule has 0 unspecified atom stereocenters. The normalized spacial score (nSPS) is 30.0. The lowest BCUT2D eigenvalue weighted by molar-refractivity contribution is -0.204. The van der Waals surface area contributed by atoms with Gasteiger partial charge in [0.05, 0.1) is 45.1 Å². The third-order valence-electron chi connectivity index (χ3n) is 4.31. The van der Waals surface area contributed by atoms with Gasteiger partial charge in [0.2, 0.25) is 0 Å². The number of carbonyl (C=O) groups is 1. The predicted octanol–water partition coefficient (Wildman–Crippen LogP) is 0.522. The number of aliphatic hydroxyl groups excluding tert-OH is 1. The molecule has 2 aliphatic heterocycles. The molecule has 5 atom stereocenters. The number of hydroxylamine groups is 2. The van der Waals surface area contributed by atoms with Gasteiger partial charge in [-0.1, -0.05) is 13.0 Å². The predicted molar refractivity (Wildman–Crippen MR) is 82.5 cm³/mol. The topological polar surface area (TPSA) is 77.5 Å². The van der Waals surface area contributed by atoms with Crippen molar-refractivity contribution in [1.82, 2.24) is 5.06 Å². The van der Waals surface area contributed by atoms with Crippen LogP contribution in [0.1, 0.15) is 20.3 Å². The summed E-state index contributed by atoms with van der Waals surface area (Å²) in [4.78, 5) is 18.0. The molecule has 0 radical (unpaired) electrons. The van der Waals surface area contributed by atoms with Crippen molar-refractivity contribution in [3.05, 3.63) is 12.7 Å². The molecule has 0 bridgehead atoms. The summed E-state index contributed by atoms with van der Waals surface area (Å²) in [6.07, 6.45) is 1.01. The fourth-order valence-electron chi connectivity index (χ4n) is 3.17. The fourth-order valence-corrected chi connectivity index (χ4v) is 3.17. The van der Waals surface area contributed by atoms with Crippen molar-refractivity contribution in [2.75, 3.05) is 33.0 Å². The summed E-state index contributed by atoms with van der Waals surface area (Å²) < 4.78 is 16.6. The van der Waals surface area contributed by atoms with Crippen LogP contribution in [0.25, 0.3) is 0 Å². The highest BCUT2D eigenvalue weighted by molar-refractivity contribution is 5.75. The first-order valence-corrected chi connectivity index (χ1v) is 8.20. The van der Waals surface area contributed by atoms with E-state index in [0.717, 1.165) is 6.42 Å². The van der Waals surface area contributed by atoms with Crippen molar-refractivity contribution < 1.29 is 28.9 Å². The third kappa shape index (κ3) is 3.92. The molecule has 23 heavy (non-hydrogen) atoms. The Bertz CT molecular complexity index is 400. The van der Waals surface area contributed by atoms with Gasteiger partial charge in [-0.2, -0.15) is 5.06 Å². The average molecular weight is 329 g/mol. The Morgan fingerprint density at radius 1 is 1.48 bits per heavy atom. The summed E-state index contributed by atoms with van der Waals surface area (Å²) >= 11 is 0. The molecule has 0 aromatic rings. The molecule has 7 nitrogen and oxygen atoms in total. The van der Waals surface area contributed by atoms with E-state index in [1.54, 1.807) is 18.1 Å². The monoisotopic (exact) mass is 329 g/mol. The maximum absolute atomic E-state index is 12.3. The van der Waals surface area contributed by atoms with Gasteiger partial charge in [0.25, 0.3) is 0 Å². The van der Waals surface area contributed by atoms with Crippen LogP contribution in [0.15, 0.2) is 12.7 Å². The molecule has 0 amide bonds. The van der Waals surface area contributed by atoms with Crippen molar-refractivity contribution in [2.24, 2.45) is 5.92 Å². The first kappa shape index (κ1) is 18.4. The zero-order valence-electron chi connectivity index (χ0n) is 13.8. The van der Waals surface area contributed by atoms with Gasteiger partial charge in [0.15, 0.2) is 6.10 Å². The fraction of sp³-hybridized carbons (Fsp3) is 0.812. The number of esters is 1. The molecule has 1 N–H and O–H groups in total. The highest BCUT2D eigenvalue weighted by Gasteiger charge is 2.53. The Kier molecular flexibility index (Phi) is 6.98. The van der Waals surface area contributed by atoms with Gasteiger partial charge in [0, 0.05) is 5.92 Å². The van der Waals surface area contributed by atoms with E-state index in [1.807, 2.05) is 6.92 Å². The summed E-state index contributed by atoms with van der Waals surface area (Å²) in [5.74, 6) is -0.284. The van der Waals surface area contributed by atoms with Crippen LogP contribution in [0.4, 0.5) is 0 Å². The van der Waals surface area contributed by atoms with E-state index in [0.29, 0.717) is 13.2 Å². The summed E-state index contributed by atoms with van der Waals surface area (Å²) in [7, 11) is 0. The molecule has 132 valence electrons. The minimum absolute atomic E-state index is 0.00989. The molecule has 2 heterocycles. The second kappa shape index (κ2) is 8.75. The number of hydrogen-bond acceptors (Lipinski definition) is 7. The highest BCUT2D eigenvalue weighted by Crippen LogP contribution is 2.36. The molecule has 2 saturated heterocycles. The van der Waals surface area contributed by atoms with Crippen molar-refractivity contribution in [1.29, 1.82) is 0 Å². The number of fused-ring (bicyclic) bond motifs is 1. The lowest BCUT2D eigenvalue weighted by Gasteiger charge is -2.34. The number of aliphatic hydroxyl groups is 1. The van der Waals surface area contributed by atoms with Crippen molar-refractivity contribution >= 4 is 5.97 Å². The van der Waals surface area contributed by atoms with Crippen molar-refractivity contribution in [3.63, 3.8) is 0 Å². The maximum atomic E-state index is 12.3. The third-order valence-corrected chi connectivity index (χ3v) is 4.31. The summed E-state index contributed by atoms with van der Waals surface area (Å²) in [5.41, 5.74) is 0. The number of nitrogens with zero attached hydrogens (tertiary/aromatic N) is 1. The lowest BCUT2D eigenvalue weighted by atomic mass is 9.95. The van der Waals surface area contributed by atoms with Gasteiger partial charge in [-0.15, -0.1) is 6.58 Å². The van der Waals surface area contributed by atoms with Gasteiger partial charge in [-0.25, -0.2) is 4.79 Å². The Morgan fingerprint density at radius 3 is 2.87 bits per heavy atom. The van der Waals surface area contributed by atoms with Crippen LogP contribution in [0.2, 0.25) is 0 Å². The van der Waals surface area contributed by atoms with E-state index in [9.17, 15) is 9.90 Å². The van der Waals surface area contributed by atoms with E-state index < -0.39 is 18.2 Å². The van der Waals surface area contributed by atoms with Crippen LogP contribution in [0, 0.1) is 5.92 Å². The van der Waals surface area contributed by atoms with Crippen molar-refractivity contribution in [2.45, 2.75) is 44.6 Å². The Morgan fingerprint density at radius 2 is 2.26 bits per heavy atom. The second-order valence-electron chi connectivity index (χ2n) is 5.74. The van der Waals surface area contributed by atoms with Gasteiger partial charge in [-0.05, 0) is 13.3 Å². The Labute approximate surface area is 137 Å². The number of hydrogen-bond donors (Lipinski definition) is 1. The Hall–Kier alpha value is -0.990. The van der Waals surface area contributed by atoms with Gasteiger partial charge in [0.1, 0.15) is 6.10 Å². The molecule has 0 spiro atoms. The second-order valence-corrected chi connectivity index (χ2v) is 5.74. The average Bonchev–Trinajstić information content (AvgIpc) is 3.13. The molecule has 0 aliphatic carbocycles. The molecular weight excluding hydrogens is 302 g/mol. The minimum Gasteiger partial charge on any atom is -0.464 e. The molecule has 7 heteroatoms. The van der Waals surface area contributed by atoms with Crippen LogP contribution in [-0.4, -0.2) is 73.5 Å². The standard InChI is InChI=1S/C16H27NO6/c1-4-7-21-15(16(19)20-6-3)14-13-11(9-22-14)10-23-17(13)12(5-2)8-18/h4,11-15,18H,1,5-10H2,2-3H3/t11-,12-,13+,14+,15-/m1/s1. The first-order chi connectivity index (χ1) is 11.2. The number of rotatable bonds is 9. The maximum Gasteiger partial charge on any atom is 0.338 e. The molecule has 2 fully saturated rings.